The van der Waals surface area contributed by atoms with Gasteiger partial charge in [0.15, 0.2) is 0 Å². The minimum Gasteiger partial charge on any atom is -0.488 e. The number of aromatic nitrogens is 4. The van der Waals surface area contributed by atoms with E-state index >= 15 is 0 Å². The van der Waals surface area contributed by atoms with E-state index in [0.717, 1.165) is 119 Å². The number of nitrogens with zero attached hydrogens (tertiary/aromatic N) is 4. The van der Waals surface area contributed by atoms with Crippen LogP contribution in [0.5, 0.6) is 5.75 Å². The van der Waals surface area contributed by atoms with Crippen molar-refractivity contribution in [1.29, 1.82) is 0 Å². The highest BCUT2D eigenvalue weighted by molar-refractivity contribution is 6.07. The maximum Gasteiger partial charge on any atom is 0.407 e. The lowest BCUT2D eigenvalue weighted by Gasteiger charge is -2.41. The number of benzene rings is 3. The number of amides is 3. The van der Waals surface area contributed by atoms with Gasteiger partial charge in [0, 0.05) is 35.6 Å². The number of hydroxylamine groups is 1. The Morgan fingerprint density at radius 2 is 1.83 bits per heavy atom. The molecule has 8 atom stereocenters. The van der Waals surface area contributed by atoms with E-state index < -0.39 is 18.2 Å². The van der Waals surface area contributed by atoms with Crippen molar-refractivity contribution in [2.24, 2.45) is 11.8 Å². The van der Waals surface area contributed by atoms with Crippen LogP contribution in [0.2, 0.25) is 0 Å². The van der Waals surface area contributed by atoms with Gasteiger partial charge in [-0.25, -0.2) is 14.8 Å². The summed E-state index contributed by atoms with van der Waals surface area (Å²) in [7, 11) is 2.87. The van der Waals surface area contributed by atoms with Gasteiger partial charge in [0.1, 0.15) is 36.1 Å². The molecule has 7 heterocycles. The molecule has 4 fully saturated rings. The Hall–Kier alpha value is -5.51. The van der Waals surface area contributed by atoms with Crippen molar-refractivity contribution < 1.29 is 33.4 Å². The third-order valence-corrected chi connectivity index (χ3v) is 13.7. The lowest BCUT2D eigenvalue weighted by molar-refractivity contribution is -0.144. The first-order valence-corrected chi connectivity index (χ1v) is 21.3. The number of aromatic amines is 2. The quantitative estimate of drug-likeness (QED) is 0.127. The average molecular weight is 817 g/mol. The number of nitrogens with one attached hydrogen (secondary N) is 4. The van der Waals surface area contributed by atoms with Gasteiger partial charge in [-0.2, -0.15) is 5.48 Å². The van der Waals surface area contributed by atoms with Gasteiger partial charge in [-0.3, -0.25) is 9.59 Å². The molecule has 0 saturated carbocycles. The van der Waals surface area contributed by atoms with Gasteiger partial charge < -0.3 is 44.1 Å². The van der Waals surface area contributed by atoms with Crippen molar-refractivity contribution in [3.8, 4) is 28.1 Å². The van der Waals surface area contributed by atoms with E-state index in [0.29, 0.717) is 13.2 Å². The molecule has 2 aromatic heterocycles. The molecule has 314 valence electrons. The average Bonchev–Trinajstić information content (AvgIpc) is 4.09. The fraction of sp³-hybridized carbons (Fsp3) is 0.489. The molecule has 4 saturated heterocycles. The number of carbonyl (C=O) groups is 3. The molecule has 5 aromatic rings. The van der Waals surface area contributed by atoms with E-state index in [-0.39, 0.29) is 47.8 Å². The number of methoxy groups -OCH3 is 1. The van der Waals surface area contributed by atoms with Gasteiger partial charge in [0.25, 0.3) is 0 Å². The highest BCUT2D eigenvalue weighted by atomic mass is 16.6. The van der Waals surface area contributed by atoms with E-state index in [1.807, 2.05) is 29.0 Å². The van der Waals surface area contributed by atoms with E-state index in [9.17, 15) is 14.4 Å². The van der Waals surface area contributed by atoms with E-state index in [4.69, 9.17) is 29.0 Å². The van der Waals surface area contributed by atoms with Crippen LogP contribution >= 0.6 is 0 Å². The molecule has 0 bridgehead atoms. The Labute approximate surface area is 347 Å². The van der Waals surface area contributed by atoms with Crippen LogP contribution in [0.15, 0.2) is 48.7 Å². The van der Waals surface area contributed by atoms with Gasteiger partial charge in [-0.15, -0.1) is 0 Å². The molecule has 10 rings (SSSR count). The maximum atomic E-state index is 14.2. The normalized spacial score (nSPS) is 26.7. The molecular formula is C45H52N8O7. The minimum absolute atomic E-state index is 0.0134. The first-order valence-electron chi connectivity index (χ1n) is 21.3. The zero-order valence-electron chi connectivity index (χ0n) is 34.5. The van der Waals surface area contributed by atoms with Crippen molar-refractivity contribution >= 4 is 39.7 Å². The van der Waals surface area contributed by atoms with Crippen molar-refractivity contribution in [1.82, 2.24) is 40.5 Å². The fourth-order valence-electron chi connectivity index (χ4n) is 10.7. The summed E-state index contributed by atoms with van der Waals surface area (Å²) < 4.78 is 17.0. The molecule has 5 aliphatic rings. The van der Waals surface area contributed by atoms with Crippen LogP contribution in [0, 0.1) is 11.8 Å². The number of carbonyl (C=O) groups excluding carboxylic acids is 3. The molecule has 15 nitrogen and oxygen atoms in total. The number of H-pyrrole nitrogens is 2. The highest BCUT2D eigenvalue weighted by Gasteiger charge is 2.48. The number of imidazole rings is 2. The van der Waals surface area contributed by atoms with E-state index in [1.54, 1.807) is 7.11 Å². The Morgan fingerprint density at radius 1 is 0.967 bits per heavy atom. The summed E-state index contributed by atoms with van der Waals surface area (Å²) in [4.78, 5) is 66.2. The number of piperidine rings is 1. The van der Waals surface area contributed by atoms with Crippen molar-refractivity contribution in [3.63, 3.8) is 0 Å². The Kier molecular flexibility index (Phi) is 10.00. The summed E-state index contributed by atoms with van der Waals surface area (Å²) in [5, 5.41) is 4.83. The third kappa shape index (κ3) is 6.57. The van der Waals surface area contributed by atoms with Crippen LogP contribution in [0.25, 0.3) is 44.2 Å². The fourth-order valence-corrected chi connectivity index (χ4v) is 10.7. The number of hydrogen-bond acceptors (Lipinski definition) is 10. The summed E-state index contributed by atoms with van der Waals surface area (Å²) in [6, 6.07) is 13.5. The summed E-state index contributed by atoms with van der Waals surface area (Å²) >= 11 is 0. The Morgan fingerprint density at radius 3 is 2.65 bits per heavy atom. The lowest BCUT2D eigenvalue weighted by Crippen LogP contribution is -2.58. The van der Waals surface area contributed by atoms with Crippen LogP contribution in [-0.2, 0) is 30.5 Å². The van der Waals surface area contributed by atoms with Gasteiger partial charge in [-0.1, -0.05) is 25.1 Å². The van der Waals surface area contributed by atoms with Gasteiger partial charge >= 0.3 is 6.09 Å². The smallest absolute Gasteiger partial charge is 0.407 e. The van der Waals surface area contributed by atoms with Crippen molar-refractivity contribution in [2.75, 3.05) is 27.4 Å². The number of alkyl carbamates (subject to hydrolysis) is 1. The molecule has 3 aromatic carbocycles. The predicted octanol–water partition coefficient (Wildman–Crippen LogP) is 6.46. The van der Waals surface area contributed by atoms with Crippen LogP contribution < -0.4 is 15.5 Å². The first-order chi connectivity index (χ1) is 29.2. The van der Waals surface area contributed by atoms with Crippen LogP contribution in [0.1, 0.15) is 88.1 Å². The second-order valence-corrected chi connectivity index (χ2v) is 17.3. The summed E-state index contributed by atoms with van der Waals surface area (Å²) in [6.45, 7) is 5.78. The van der Waals surface area contributed by atoms with E-state index in [2.05, 4.69) is 64.1 Å². The molecule has 1 unspecified atom stereocenters. The molecule has 4 N–H and O–H groups in total. The standard InChI is InChI=1S/C45H52N8O7/c1-23-16-29-10-14-35(53(29)43(54)38(23)50-45(56)57-3)41-46-20-34(48-41)26-8-11-30-28(17-26)22-60-37-19-31-25(18-32(30)37)9-12-33-40(31)49-42(47-33)36-13-7-24(2)52(36)44(55)39(51-58-4)27-6-5-15-59-21-27/h8-9,11-12,17-20,23-24,27,29,35-36,38-39,51H,5-7,10,13-16,21-22H2,1-4H3,(H,46,48)(H,47,49)(H,50,56)/t23?,24-,27+,29+,35-,36-,38-,39-/m0/s1. The number of fused-ring (bicyclic) bond motifs is 7. The monoisotopic (exact) mass is 816 g/mol. The number of rotatable bonds is 8. The molecule has 0 spiro atoms. The first kappa shape index (κ1) is 38.7. The topological polar surface area (TPSA) is 176 Å². The maximum absolute atomic E-state index is 14.2. The van der Waals surface area contributed by atoms with Crippen LogP contribution in [0.3, 0.4) is 0 Å². The predicted molar refractivity (Wildman–Crippen MR) is 222 cm³/mol. The summed E-state index contributed by atoms with van der Waals surface area (Å²) in [5.41, 5.74) is 9.83. The minimum atomic E-state index is -0.629. The number of ether oxygens (including phenoxy) is 3. The second-order valence-electron chi connectivity index (χ2n) is 17.3. The summed E-state index contributed by atoms with van der Waals surface area (Å²) in [6.07, 6.45) is 7.28. The van der Waals surface area contributed by atoms with Gasteiger partial charge in [-0.05, 0) is 104 Å². The van der Waals surface area contributed by atoms with Gasteiger partial charge in [0.2, 0.25) is 11.8 Å². The van der Waals surface area contributed by atoms with Crippen LogP contribution in [0.4, 0.5) is 4.79 Å². The largest absolute Gasteiger partial charge is 0.488 e. The summed E-state index contributed by atoms with van der Waals surface area (Å²) in [5.74, 6) is 2.32. The zero-order chi connectivity index (χ0) is 41.2. The molecule has 0 radical (unpaired) electrons. The Balaban J connectivity index is 0.899. The molecule has 60 heavy (non-hydrogen) atoms. The number of hydrogen-bond donors (Lipinski definition) is 4. The lowest BCUT2D eigenvalue weighted by atomic mass is 9.88. The van der Waals surface area contributed by atoms with Crippen LogP contribution in [-0.4, -0.2) is 99.2 Å². The SMILES string of the molecule is CON[C@H](C(=O)N1[C@@H](C)CC[C@H]1c1nc2ccc3cc4c(cc3c2[nH]1)OCc1cc(-c2cnc([C@@H]3CC[C@@H]5CC(C)[C@H](NC(=O)OC)C(=O)N53)[nH]2)ccc1-4)[C@@H]1CCCOC1. The molecule has 15 heteroatoms. The second kappa shape index (κ2) is 15.5. The molecular weight excluding hydrogens is 765 g/mol. The molecule has 3 amide bonds. The zero-order valence-corrected chi connectivity index (χ0v) is 34.5. The highest BCUT2D eigenvalue weighted by Crippen LogP contribution is 2.45. The van der Waals surface area contributed by atoms with Gasteiger partial charge in [0.05, 0.1) is 55.8 Å². The molecule has 5 aliphatic heterocycles. The van der Waals surface area contributed by atoms with Crippen molar-refractivity contribution in [2.45, 2.75) is 102 Å². The third-order valence-electron chi connectivity index (χ3n) is 13.7. The molecule has 0 aliphatic carbocycles. The number of likely N-dealkylation sites (tertiary alicyclic amines) is 1. The van der Waals surface area contributed by atoms with E-state index in [1.165, 1.54) is 7.11 Å². The van der Waals surface area contributed by atoms with Crippen molar-refractivity contribution in [3.05, 3.63) is 65.9 Å². The Bertz CT molecular complexity index is 2480.